The smallest absolute Gasteiger partial charge is 0.123 e. The SMILES string of the molecule is OCC1=CCCC[C@@H]1F. The van der Waals surface area contributed by atoms with E-state index in [1.165, 1.54) is 0 Å². The Labute approximate surface area is 54.2 Å². The third-order valence-electron chi connectivity index (χ3n) is 1.65. The summed E-state index contributed by atoms with van der Waals surface area (Å²) in [7, 11) is 0. The Balaban J connectivity index is 2.53. The van der Waals surface area contributed by atoms with Crippen LogP contribution in [0, 0.1) is 0 Å². The Morgan fingerprint density at radius 1 is 1.78 bits per heavy atom. The van der Waals surface area contributed by atoms with Gasteiger partial charge in [-0.25, -0.2) is 4.39 Å². The van der Waals surface area contributed by atoms with Crippen LogP contribution in [0.5, 0.6) is 0 Å². The van der Waals surface area contributed by atoms with Crippen LogP contribution in [0.25, 0.3) is 0 Å². The van der Waals surface area contributed by atoms with E-state index in [1.54, 1.807) is 6.08 Å². The van der Waals surface area contributed by atoms with Crippen molar-refractivity contribution in [3.63, 3.8) is 0 Å². The normalized spacial score (nSPS) is 27.8. The van der Waals surface area contributed by atoms with Crippen LogP contribution in [0.2, 0.25) is 0 Å². The van der Waals surface area contributed by atoms with Crippen molar-refractivity contribution in [2.24, 2.45) is 0 Å². The van der Waals surface area contributed by atoms with Crippen LogP contribution in [0.15, 0.2) is 11.6 Å². The first-order valence-corrected chi connectivity index (χ1v) is 3.28. The summed E-state index contributed by atoms with van der Waals surface area (Å²) in [5.74, 6) is 0. The average Bonchev–Trinajstić information content (AvgIpc) is 1.89. The number of hydrogen-bond donors (Lipinski definition) is 1. The zero-order chi connectivity index (χ0) is 6.69. The van der Waals surface area contributed by atoms with Crippen LogP contribution in [-0.4, -0.2) is 17.9 Å². The summed E-state index contributed by atoms with van der Waals surface area (Å²) in [6, 6.07) is 0. The Kier molecular flexibility index (Phi) is 2.22. The topological polar surface area (TPSA) is 20.2 Å². The summed E-state index contributed by atoms with van der Waals surface area (Å²) in [6.07, 6.45) is 3.37. The second-order valence-electron chi connectivity index (χ2n) is 2.34. The zero-order valence-electron chi connectivity index (χ0n) is 5.31. The van der Waals surface area contributed by atoms with E-state index < -0.39 is 6.17 Å². The number of rotatable bonds is 1. The van der Waals surface area contributed by atoms with Gasteiger partial charge in [-0.15, -0.1) is 0 Å². The van der Waals surface area contributed by atoms with Crippen LogP contribution < -0.4 is 0 Å². The molecule has 0 aromatic carbocycles. The van der Waals surface area contributed by atoms with Gasteiger partial charge in [-0.05, 0) is 24.8 Å². The molecule has 1 atom stereocenters. The van der Waals surface area contributed by atoms with E-state index >= 15 is 0 Å². The molecule has 9 heavy (non-hydrogen) atoms. The molecule has 1 rings (SSSR count). The van der Waals surface area contributed by atoms with Crippen molar-refractivity contribution in [3.05, 3.63) is 11.6 Å². The van der Waals surface area contributed by atoms with Gasteiger partial charge >= 0.3 is 0 Å². The molecule has 52 valence electrons. The lowest BCUT2D eigenvalue weighted by Gasteiger charge is -2.14. The van der Waals surface area contributed by atoms with E-state index in [0.29, 0.717) is 12.0 Å². The molecule has 0 fully saturated rings. The maximum atomic E-state index is 12.6. The van der Waals surface area contributed by atoms with Gasteiger partial charge in [-0.3, -0.25) is 0 Å². The Morgan fingerprint density at radius 3 is 3.00 bits per heavy atom. The molecule has 2 heteroatoms. The van der Waals surface area contributed by atoms with Crippen LogP contribution >= 0.6 is 0 Å². The molecule has 1 nitrogen and oxygen atoms in total. The minimum Gasteiger partial charge on any atom is -0.392 e. The standard InChI is InChI=1S/C7H11FO/c8-7-4-2-1-3-6(7)5-9/h3,7,9H,1-2,4-5H2/t7-/m0/s1. The molecule has 0 unspecified atom stereocenters. The lowest BCUT2D eigenvalue weighted by Crippen LogP contribution is -2.11. The second-order valence-corrected chi connectivity index (χ2v) is 2.34. The molecule has 0 bridgehead atoms. The maximum absolute atomic E-state index is 12.6. The Morgan fingerprint density at radius 2 is 2.56 bits per heavy atom. The number of hydrogen-bond acceptors (Lipinski definition) is 1. The fourth-order valence-corrected chi connectivity index (χ4v) is 1.06. The van der Waals surface area contributed by atoms with E-state index in [-0.39, 0.29) is 6.61 Å². The fraction of sp³-hybridized carbons (Fsp3) is 0.714. The molecule has 0 aliphatic heterocycles. The van der Waals surface area contributed by atoms with E-state index in [2.05, 4.69) is 0 Å². The van der Waals surface area contributed by atoms with Crippen molar-refractivity contribution in [3.8, 4) is 0 Å². The van der Waals surface area contributed by atoms with Crippen molar-refractivity contribution in [2.75, 3.05) is 6.61 Å². The summed E-state index contributed by atoms with van der Waals surface area (Å²) >= 11 is 0. The van der Waals surface area contributed by atoms with Crippen LogP contribution in [0.4, 0.5) is 4.39 Å². The minimum atomic E-state index is -0.872. The minimum absolute atomic E-state index is 0.110. The number of aliphatic hydroxyl groups excluding tert-OH is 1. The highest BCUT2D eigenvalue weighted by Crippen LogP contribution is 2.20. The first-order valence-electron chi connectivity index (χ1n) is 3.28. The molecular weight excluding hydrogens is 119 g/mol. The van der Waals surface area contributed by atoms with Gasteiger partial charge in [-0.2, -0.15) is 0 Å². The number of allylic oxidation sites excluding steroid dienone is 1. The molecular formula is C7H11FO. The van der Waals surface area contributed by atoms with Gasteiger partial charge in [0, 0.05) is 0 Å². The van der Waals surface area contributed by atoms with Gasteiger partial charge in [0.15, 0.2) is 0 Å². The molecule has 0 spiro atoms. The predicted octanol–water partition coefficient (Wildman–Crippen LogP) is 1.43. The van der Waals surface area contributed by atoms with Crippen molar-refractivity contribution < 1.29 is 9.50 Å². The summed E-state index contributed by atoms with van der Waals surface area (Å²) in [6.45, 7) is -0.110. The molecule has 1 aliphatic rings. The number of alkyl halides is 1. The van der Waals surface area contributed by atoms with Gasteiger partial charge in [0.1, 0.15) is 6.17 Å². The van der Waals surface area contributed by atoms with Crippen LogP contribution in [-0.2, 0) is 0 Å². The monoisotopic (exact) mass is 130 g/mol. The summed E-state index contributed by atoms with van der Waals surface area (Å²) in [5.41, 5.74) is 0.571. The quantitative estimate of drug-likeness (QED) is 0.532. The Bertz CT molecular complexity index is 120. The second kappa shape index (κ2) is 2.97. The first kappa shape index (κ1) is 6.75. The van der Waals surface area contributed by atoms with Crippen molar-refractivity contribution >= 4 is 0 Å². The lowest BCUT2D eigenvalue weighted by atomic mass is 9.98. The van der Waals surface area contributed by atoms with Crippen molar-refractivity contribution in [1.82, 2.24) is 0 Å². The number of halogens is 1. The summed E-state index contributed by atoms with van der Waals surface area (Å²) in [5, 5.41) is 8.55. The molecule has 1 aliphatic carbocycles. The lowest BCUT2D eigenvalue weighted by molar-refractivity contribution is 0.268. The summed E-state index contributed by atoms with van der Waals surface area (Å²) < 4.78 is 12.6. The molecule has 0 radical (unpaired) electrons. The molecule has 0 amide bonds. The van der Waals surface area contributed by atoms with Gasteiger partial charge in [0.2, 0.25) is 0 Å². The third-order valence-corrected chi connectivity index (χ3v) is 1.65. The summed E-state index contributed by atoms with van der Waals surface area (Å²) in [4.78, 5) is 0. The highest BCUT2D eigenvalue weighted by atomic mass is 19.1. The molecule has 0 heterocycles. The van der Waals surface area contributed by atoms with Gasteiger partial charge in [0.25, 0.3) is 0 Å². The molecule has 0 aromatic heterocycles. The van der Waals surface area contributed by atoms with Crippen LogP contribution in [0.1, 0.15) is 19.3 Å². The third kappa shape index (κ3) is 1.52. The largest absolute Gasteiger partial charge is 0.392 e. The van der Waals surface area contributed by atoms with E-state index in [0.717, 1.165) is 12.8 Å². The van der Waals surface area contributed by atoms with Gasteiger partial charge < -0.3 is 5.11 Å². The van der Waals surface area contributed by atoms with Gasteiger partial charge in [0.05, 0.1) is 6.61 Å². The number of aliphatic hydroxyl groups is 1. The highest BCUT2D eigenvalue weighted by Gasteiger charge is 2.14. The van der Waals surface area contributed by atoms with E-state index in [9.17, 15) is 4.39 Å². The molecule has 0 aromatic rings. The molecule has 0 saturated carbocycles. The first-order chi connectivity index (χ1) is 4.34. The van der Waals surface area contributed by atoms with Gasteiger partial charge in [-0.1, -0.05) is 6.08 Å². The maximum Gasteiger partial charge on any atom is 0.123 e. The average molecular weight is 130 g/mol. The Hall–Kier alpha value is -0.370. The molecule has 0 saturated heterocycles. The van der Waals surface area contributed by atoms with E-state index in [1.807, 2.05) is 0 Å². The fourth-order valence-electron chi connectivity index (χ4n) is 1.06. The highest BCUT2D eigenvalue weighted by molar-refractivity contribution is 5.10. The predicted molar refractivity (Wildman–Crippen MR) is 33.9 cm³/mol. The van der Waals surface area contributed by atoms with Crippen molar-refractivity contribution in [2.45, 2.75) is 25.4 Å². The van der Waals surface area contributed by atoms with Crippen molar-refractivity contribution in [1.29, 1.82) is 0 Å². The molecule has 1 N–H and O–H groups in total. The van der Waals surface area contributed by atoms with Crippen LogP contribution in [0.3, 0.4) is 0 Å². The van der Waals surface area contributed by atoms with E-state index in [4.69, 9.17) is 5.11 Å². The zero-order valence-corrected chi connectivity index (χ0v) is 5.31.